The minimum atomic E-state index is -0.646. The summed E-state index contributed by atoms with van der Waals surface area (Å²) in [4.78, 5) is 14.6. The third-order valence-electron chi connectivity index (χ3n) is 5.73. The Morgan fingerprint density at radius 3 is 2.83 bits per heavy atom. The molecule has 0 spiro atoms. The van der Waals surface area contributed by atoms with E-state index >= 15 is 0 Å². The Bertz CT molecular complexity index is 588. The van der Waals surface area contributed by atoms with Crippen LogP contribution in [-0.4, -0.2) is 34.7 Å². The molecule has 1 heterocycles. The van der Waals surface area contributed by atoms with Crippen LogP contribution in [0.25, 0.3) is 0 Å². The van der Waals surface area contributed by atoms with Gasteiger partial charge in [-0.2, -0.15) is 0 Å². The standard InChI is InChI=1S/C20H29NO3/c1-3-18(22)21-14-13-20(23)12-8-7-10-16(20)19(21)15-9-5-6-11-17(15)24-4-2/h5-6,9,11,16,19,23H,3-4,7-8,10,12-14H2,1-2H3. The number of hydrogen-bond acceptors (Lipinski definition) is 3. The molecule has 4 nitrogen and oxygen atoms in total. The van der Waals surface area contributed by atoms with Crippen molar-refractivity contribution < 1.29 is 14.6 Å². The summed E-state index contributed by atoms with van der Waals surface area (Å²) >= 11 is 0. The first-order chi connectivity index (χ1) is 11.6. The van der Waals surface area contributed by atoms with E-state index < -0.39 is 5.60 Å². The van der Waals surface area contributed by atoms with Gasteiger partial charge in [0.1, 0.15) is 5.75 Å². The number of para-hydroxylation sites is 1. The maximum atomic E-state index is 12.6. The second kappa shape index (κ2) is 7.14. The normalized spacial score (nSPS) is 29.9. The van der Waals surface area contributed by atoms with Crippen molar-refractivity contribution in [3.05, 3.63) is 29.8 Å². The van der Waals surface area contributed by atoms with Gasteiger partial charge in [0.2, 0.25) is 5.91 Å². The van der Waals surface area contributed by atoms with Crippen LogP contribution in [0.15, 0.2) is 24.3 Å². The molecule has 1 aliphatic carbocycles. The van der Waals surface area contributed by atoms with E-state index in [1.807, 2.05) is 36.9 Å². The molecule has 4 heteroatoms. The number of carbonyl (C=O) groups excluding carboxylic acids is 1. The third kappa shape index (κ3) is 3.04. The zero-order valence-corrected chi connectivity index (χ0v) is 14.8. The second-order valence-electron chi connectivity index (χ2n) is 7.06. The van der Waals surface area contributed by atoms with E-state index in [9.17, 15) is 9.90 Å². The smallest absolute Gasteiger partial charge is 0.222 e. The lowest BCUT2D eigenvalue weighted by Gasteiger charge is -2.52. The predicted octanol–water partition coefficient (Wildman–Crippen LogP) is 3.69. The van der Waals surface area contributed by atoms with Crippen LogP contribution in [0.2, 0.25) is 0 Å². The summed E-state index contributed by atoms with van der Waals surface area (Å²) in [6, 6.07) is 7.93. The van der Waals surface area contributed by atoms with Crippen LogP contribution in [-0.2, 0) is 4.79 Å². The van der Waals surface area contributed by atoms with Crippen molar-refractivity contribution in [2.45, 2.75) is 64.0 Å². The molecule has 132 valence electrons. The molecule has 1 N–H and O–H groups in total. The Hall–Kier alpha value is -1.55. The van der Waals surface area contributed by atoms with Crippen molar-refractivity contribution in [3.8, 4) is 5.75 Å². The first kappa shape index (κ1) is 17.3. The fourth-order valence-electron chi connectivity index (χ4n) is 4.56. The third-order valence-corrected chi connectivity index (χ3v) is 5.73. The summed E-state index contributed by atoms with van der Waals surface area (Å²) in [5.41, 5.74) is 0.401. The summed E-state index contributed by atoms with van der Waals surface area (Å²) in [6.07, 6.45) is 5.20. The van der Waals surface area contributed by atoms with Gasteiger partial charge >= 0.3 is 0 Å². The molecular weight excluding hydrogens is 302 g/mol. The van der Waals surface area contributed by atoms with Gasteiger partial charge in [-0.15, -0.1) is 0 Å². The molecule has 1 amide bonds. The van der Waals surface area contributed by atoms with Gasteiger partial charge in [0.25, 0.3) is 0 Å². The molecule has 0 aromatic heterocycles. The van der Waals surface area contributed by atoms with Gasteiger partial charge in [0.05, 0.1) is 18.2 Å². The van der Waals surface area contributed by atoms with E-state index in [0.717, 1.165) is 37.0 Å². The fraction of sp³-hybridized carbons (Fsp3) is 0.650. The molecule has 2 aliphatic rings. The number of nitrogens with zero attached hydrogens (tertiary/aromatic N) is 1. The van der Waals surface area contributed by atoms with Crippen LogP contribution >= 0.6 is 0 Å². The van der Waals surface area contributed by atoms with Crippen LogP contribution in [0.1, 0.15) is 64.0 Å². The van der Waals surface area contributed by atoms with Gasteiger partial charge in [-0.1, -0.05) is 38.0 Å². The molecule has 1 saturated heterocycles. The van der Waals surface area contributed by atoms with E-state index in [4.69, 9.17) is 4.74 Å². The molecule has 24 heavy (non-hydrogen) atoms. The average molecular weight is 331 g/mol. The highest BCUT2D eigenvalue weighted by Crippen LogP contribution is 2.50. The summed E-state index contributed by atoms with van der Waals surface area (Å²) < 4.78 is 5.84. The van der Waals surface area contributed by atoms with Crippen LogP contribution < -0.4 is 4.74 Å². The van der Waals surface area contributed by atoms with Gasteiger partial charge in [-0.05, 0) is 32.3 Å². The van der Waals surface area contributed by atoms with Crippen molar-refractivity contribution in [2.75, 3.05) is 13.2 Å². The number of amides is 1. The fourth-order valence-corrected chi connectivity index (χ4v) is 4.56. The van der Waals surface area contributed by atoms with Crippen molar-refractivity contribution in [2.24, 2.45) is 5.92 Å². The highest BCUT2D eigenvalue weighted by Gasteiger charge is 2.50. The van der Waals surface area contributed by atoms with E-state index in [1.165, 1.54) is 0 Å². The SMILES string of the molecule is CCOc1ccccc1C1C2CCCCC2(O)CCN1C(=O)CC. The van der Waals surface area contributed by atoms with Crippen molar-refractivity contribution in [1.29, 1.82) is 0 Å². The number of aliphatic hydroxyl groups is 1. The lowest BCUT2D eigenvalue weighted by molar-refractivity contribution is -0.155. The van der Waals surface area contributed by atoms with Gasteiger partial charge in [0, 0.05) is 24.4 Å². The van der Waals surface area contributed by atoms with E-state index in [0.29, 0.717) is 26.0 Å². The van der Waals surface area contributed by atoms with Gasteiger partial charge in [0.15, 0.2) is 0 Å². The maximum Gasteiger partial charge on any atom is 0.222 e. The molecule has 0 bridgehead atoms. The molecule has 3 atom stereocenters. The van der Waals surface area contributed by atoms with Crippen LogP contribution in [0.5, 0.6) is 5.75 Å². The number of hydrogen-bond donors (Lipinski definition) is 1. The molecule has 1 aromatic rings. The molecule has 1 saturated carbocycles. The Morgan fingerprint density at radius 2 is 2.08 bits per heavy atom. The number of fused-ring (bicyclic) bond motifs is 1. The highest BCUT2D eigenvalue weighted by atomic mass is 16.5. The Labute approximate surface area is 144 Å². The second-order valence-corrected chi connectivity index (χ2v) is 7.06. The summed E-state index contributed by atoms with van der Waals surface area (Å²) in [5, 5.41) is 11.2. The largest absolute Gasteiger partial charge is 0.494 e. The van der Waals surface area contributed by atoms with Crippen molar-refractivity contribution in [1.82, 2.24) is 4.90 Å². The lowest BCUT2D eigenvalue weighted by Crippen LogP contribution is -2.56. The molecule has 1 aromatic carbocycles. The molecule has 3 unspecified atom stereocenters. The van der Waals surface area contributed by atoms with Gasteiger partial charge in [-0.3, -0.25) is 4.79 Å². The van der Waals surface area contributed by atoms with E-state index in [-0.39, 0.29) is 17.9 Å². The maximum absolute atomic E-state index is 12.6. The number of carbonyl (C=O) groups is 1. The summed E-state index contributed by atoms with van der Waals surface area (Å²) in [6.45, 7) is 5.12. The minimum Gasteiger partial charge on any atom is -0.494 e. The van der Waals surface area contributed by atoms with Crippen molar-refractivity contribution in [3.63, 3.8) is 0 Å². The highest BCUT2D eigenvalue weighted by molar-refractivity contribution is 5.76. The number of likely N-dealkylation sites (tertiary alicyclic amines) is 1. The summed E-state index contributed by atoms with van der Waals surface area (Å²) in [7, 11) is 0. The zero-order chi connectivity index (χ0) is 17.2. The number of piperidine rings is 1. The zero-order valence-electron chi connectivity index (χ0n) is 14.8. The Kier molecular flexibility index (Phi) is 5.14. The average Bonchev–Trinajstić information content (AvgIpc) is 2.60. The van der Waals surface area contributed by atoms with Gasteiger partial charge < -0.3 is 14.7 Å². The molecular formula is C20H29NO3. The van der Waals surface area contributed by atoms with E-state index in [2.05, 4.69) is 6.07 Å². The molecule has 3 rings (SSSR count). The number of rotatable bonds is 4. The topological polar surface area (TPSA) is 49.8 Å². The lowest BCUT2D eigenvalue weighted by atomic mass is 9.66. The summed E-state index contributed by atoms with van der Waals surface area (Å²) in [5.74, 6) is 1.10. The predicted molar refractivity (Wildman–Crippen MR) is 93.9 cm³/mol. The molecule has 2 fully saturated rings. The van der Waals surface area contributed by atoms with E-state index in [1.54, 1.807) is 0 Å². The quantitative estimate of drug-likeness (QED) is 0.915. The first-order valence-electron chi connectivity index (χ1n) is 9.34. The van der Waals surface area contributed by atoms with Crippen LogP contribution in [0.4, 0.5) is 0 Å². The molecule has 0 radical (unpaired) electrons. The minimum absolute atomic E-state index is 0.0840. The van der Waals surface area contributed by atoms with Crippen LogP contribution in [0, 0.1) is 5.92 Å². The number of benzene rings is 1. The van der Waals surface area contributed by atoms with Crippen molar-refractivity contribution >= 4 is 5.91 Å². The molecule has 1 aliphatic heterocycles. The Balaban J connectivity index is 2.05. The monoisotopic (exact) mass is 331 g/mol. The van der Waals surface area contributed by atoms with Gasteiger partial charge in [-0.25, -0.2) is 0 Å². The Morgan fingerprint density at radius 1 is 1.29 bits per heavy atom. The first-order valence-corrected chi connectivity index (χ1v) is 9.34. The number of ether oxygens (including phenoxy) is 1. The van der Waals surface area contributed by atoms with Crippen LogP contribution in [0.3, 0.4) is 0 Å².